The van der Waals surface area contributed by atoms with E-state index in [9.17, 15) is 0 Å². The van der Waals surface area contributed by atoms with E-state index in [4.69, 9.17) is 10.5 Å². The highest BCUT2D eigenvalue weighted by atomic mass is 15.1. The fourth-order valence-corrected chi connectivity index (χ4v) is 2.83. The second kappa shape index (κ2) is 6.92. The fourth-order valence-electron chi connectivity index (χ4n) is 2.83. The predicted molar refractivity (Wildman–Crippen MR) is 90.2 cm³/mol. The Bertz CT molecular complexity index is 787. The van der Waals surface area contributed by atoms with E-state index in [1.54, 1.807) is 0 Å². The molecule has 0 radical (unpaired) electrons. The van der Waals surface area contributed by atoms with Crippen molar-refractivity contribution in [3.63, 3.8) is 0 Å². The highest BCUT2D eigenvalue weighted by molar-refractivity contribution is 5.55. The Labute approximate surface area is 136 Å². The highest BCUT2D eigenvalue weighted by Gasteiger charge is 2.16. The van der Waals surface area contributed by atoms with Gasteiger partial charge in [-0.3, -0.25) is 4.90 Å². The summed E-state index contributed by atoms with van der Waals surface area (Å²) in [7, 11) is 0. The second-order valence-corrected chi connectivity index (χ2v) is 5.81. The maximum Gasteiger partial charge on any atom is 0.0991 e. The summed E-state index contributed by atoms with van der Waals surface area (Å²) in [6.45, 7) is 2.94. The molecular formula is C20H17N3. The molecule has 23 heavy (non-hydrogen) atoms. The first-order chi connectivity index (χ1) is 11.3. The Morgan fingerprint density at radius 1 is 0.913 bits per heavy atom. The van der Waals surface area contributed by atoms with Gasteiger partial charge in [-0.05, 0) is 41.8 Å². The van der Waals surface area contributed by atoms with Crippen LogP contribution in [0.3, 0.4) is 0 Å². The van der Waals surface area contributed by atoms with Crippen LogP contribution in [0.15, 0.2) is 54.1 Å². The summed E-state index contributed by atoms with van der Waals surface area (Å²) in [5, 5.41) is 17.7. The van der Waals surface area contributed by atoms with Gasteiger partial charge in [-0.2, -0.15) is 10.5 Å². The molecule has 2 aromatic carbocycles. The topological polar surface area (TPSA) is 50.8 Å². The minimum atomic E-state index is 0.695. The maximum absolute atomic E-state index is 8.83. The lowest BCUT2D eigenvalue weighted by atomic mass is 10.1. The lowest BCUT2D eigenvalue weighted by Crippen LogP contribution is -2.18. The smallest absolute Gasteiger partial charge is 0.0991 e. The van der Waals surface area contributed by atoms with Crippen molar-refractivity contribution >= 4 is 6.08 Å². The van der Waals surface area contributed by atoms with Crippen LogP contribution in [0, 0.1) is 22.7 Å². The molecule has 0 unspecified atom stereocenters. The average molecular weight is 299 g/mol. The summed E-state index contributed by atoms with van der Waals surface area (Å²) in [5.41, 5.74) is 5.21. The number of hydrogen-bond donors (Lipinski definition) is 0. The first-order valence-electron chi connectivity index (χ1n) is 7.68. The highest BCUT2D eigenvalue weighted by Crippen LogP contribution is 2.21. The molecule has 1 aliphatic heterocycles. The van der Waals surface area contributed by atoms with Crippen molar-refractivity contribution in [2.75, 3.05) is 13.1 Å². The molecule has 112 valence electrons. The number of benzene rings is 2. The zero-order valence-electron chi connectivity index (χ0n) is 12.9. The van der Waals surface area contributed by atoms with Gasteiger partial charge in [0.2, 0.25) is 0 Å². The van der Waals surface area contributed by atoms with E-state index >= 15 is 0 Å². The van der Waals surface area contributed by atoms with Crippen molar-refractivity contribution < 1.29 is 0 Å². The van der Waals surface area contributed by atoms with Crippen LogP contribution in [-0.4, -0.2) is 18.0 Å². The van der Waals surface area contributed by atoms with Gasteiger partial charge in [-0.15, -0.1) is 0 Å². The lowest BCUT2D eigenvalue weighted by Gasteiger charge is -2.14. The Morgan fingerprint density at radius 3 is 2.13 bits per heavy atom. The third-order valence-corrected chi connectivity index (χ3v) is 4.08. The first kappa shape index (κ1) is 15.0. The summed E-state index contributed by atoms with van der Waals surface area (Å²) in [4.78, 5) is 2.41. The third-order valence-electron chi connectivity index (χ3n) is 4.08. The fraction of sp³-hybridized carbons (Fsp3) is 0.200. The van der Waals surface area contributed by atoms with E-state index in [2.05, 4.69) is 23.1 Å². The number of likely N-dealkylation sites (tertiary alicyclic amines) is 1. The molecule has 0 aliphatic carbocycles. The van der Waals surface area contributed by atoms with Gasteiger partial charge in [-0.1, -0.05) is 35.9 Å². The molecule has 1 heterocycles. The number of nitrogens with zero attached hydrogens (tertiary/aromatic N) is 3. The summed E-state index contributed by atoms with van der Waals surface area (Å²) in [6, 6.07) is 19.8. The first-order valence-corrected chi connectivity index (χ1v) is 7.68. The summed E-state index contributed by atoms with van der Waals surface area (Å²) >= 11 is 0. The molecular weight excluding hydrogens is 282 g/mol. The summed E-state index contributed by atoms with van der Waals surface area (Å²) < 4.78 is 0. The molecule has 0 spiro atoms. The Balaban J connectivity index is 1.62. The molecule has 3 rings (SSSR count). The predicted octanol–water partition coefficient (Wildman–Crippen LogP) is 3.72. The van der Waals surface area contributed by atoms with Gasteiger partial charge in [-0.25, -0.2) is 0 Å². The standard InChI is InChI=1S/C20H17N3/c21-12-17-3-1-16(2-4-17)11-20-9-10-23(15-20)14-19-7-5-18(13-22)6-8-19/h1-8,11H,9-10,14-15H2/b20-11+. The summed E-state index contributed by atoms with van der Waals surface area (Å²) in [6.07, 6.45) is 3.30. The number of rotatable bonds is 3. The van der Waals surface area contributed by atoms with Crippen LogP contribution in [0.4, 0.5) is 0 Å². The Kier molecular flexibility index (Phi) is 4.52. The van der Waals surface area contributed by atoms with Crippen LogP contribution in [0.2, 0.25) is 0 Å². The van der Waals surface area contributed by atoms with Crippen LogP contribution in [0.1, 0.15) is 28.7 Å². The van der Waals surface area contributed by atoms with Gasteiger partial charge in [0.05, 0.1) is 23.3 Å². The van der Waals surface area contributed by atoms with Gasteiger partial charge in [0.1, 0.15) is 0 Å². The van der Waals surface area contributed by atoms with Crippen LogP contribution in [-0.2, 0) is 6.54 Å². The maximum atomic E-state index is 8.83. The molecule has 1 saturated heterocycles. The van der Waals surface area contributed by atoms with E-state index in [1.807, 2.05) is 48.5 Å². The SMILES string of the molecule is N#Cc1ccc(/C=C2\CCN(Cc3ccc(C#N)cc3)C2)cc1. The van der Waals surface area contributed by atoms with Gasteiger partial charge >= 0.3 is 0 Å². The van der Waals surface area contributed by atoms with Crippen molar-refractivity contribution in [3.8, 4) is 12.1 Å². The lowest BCUT2D eigenvalue weighted by molar-refractivity contribution is 0.337. The minimum Gasteiger partial charge on any atom is -0.295 e. The van der Waals surface area contributed by atoms with E-state index in [0.717, 1.165) is 31.6 Å². The van der Waals surface area contributed by atoms with Crippen LogP contribution < -0.4 is 0 Å². The molecule has 0 amide bonds. The zero-order valence-corrected chi connectivity index (χ0v) is 12.9. The monoisotopic (exact) mass is 299 g/mol. The van der Waals surface area contributed by atoms with Crippen molar-refractivity contribution in [1.29, 1.82) is 10.5 Å². The van der Waals surface area contributed by atoms with E-state index < -0.39 is 0 Å². The van der Waals surface area contributed by atoms with Gasteiger partial charge < -0.3 is 0 Å². The van der Waals surface area contributed by atoms with Gasteiger partial charge in [0, 0.05) is 19.6 Å². The van der Waals surface area contributed by atoms with E-state index in [1.165, 1.54) is 11.1 Å². The number of hydrogen-bond acceptors (Lipinski definition) is 3. The zero-order chi connectivity index (χ0) is 16.1. The molecule has 3 nitrogen and oxygen atoms in total. The van der Waals surface area contributed by atoms with Crippen molar-refractivity contribution in [2.45, 2.75) is 13.0 Å². The average Bonchev–Trinajstić information content (AvgIpc) is 3.03. The minimum absolute atomic E-state index is 0.695. The largest absolute Gasteiger partial charge is 0.295 e. The van der Waals surface area contributed by atoms with Crippen molar-refractivity contribution in [1.82, 2.24) is 4.90 Å². The van der Waals surface area contributed by atoms with Crippen LogP contribution >= 0.6 is 0 Å². The molecule has 0 atom stereocenters. The molecule has 2 aromatic rings. The van der Waals surface area contributed by atoms with Gasteiger partial charge in [0.25, 0.3) is 0 Å². The second-order valence-electron chi connectivity index (χ2n) is 5.81. The molecule has 0 saturated carbocycles. The Morgan fingerprint density at radius 2 is 1.52 bits per heavy atom. The van der Waals surface area contributed by atoms with Gasteiger partial charge in [0.15, 0.2) is 0 Å². The van der Waals surface area contributed by atoms with Crippen LogP contribution in [0.5, 0.6) is 0 Å². The molecule has 3 heteroatoms. The normalized spacial score (nSPS) is 16.2. The quantitative estimate of drug-likeness (QED) is 0.868. The molecule has 0 aromatic heterocycles. The molecule has 0 bridgehead atoms. The molecule has 0 N–H and O–H groups in total. The van der Waals surface area contributed by atoms with Crippen LogP contribution in [0.25, 0.3) is 6.08 Å². The van der Waals surface area contributed by atoms with E-state index in [-0.39, 0.29) is 0 Å². The third kappa shape index (κ3) is 3.86. The molecule has 1 fully saturated rings. The van der Waals surface area contributed by atoms with Crippen molar-refractivity contribution in [2.24, 2.45) is 0 Å². The summed E-state index contributed by atoms with van der Waals surface area (Å²) in [5.74, 6) is 0. The number of nitriles is 2. The van der Waals surface area contributed by atoms with E-state index in [0.29, 0.717) is 11.1 Å². The Hall–Kier alpha value is -2.88. The van der Waals surface area contributed by atoms with Crippen molar-refractivity contribution in [3.05, 3.63) is 76.4 Å². The molecule has 1 aliphatic rings.